The second kappa shape index (κ2) is 15.3. The summed E-state index contributed by atoms with van der Waals surface area (Å²) in [5.74, 6) is -0.970. The van der Waals surface area contributed by atoms with Crippen LogP contribution >= 0.6 is 0 Å². The van der Waals surface area contributed by atoms with E-state index >= 15 is 0 Å². The number of aryl methyl sites for hydroxylation is 1. The lowest BCUT2D eigenvalue weighted by atomic mass is 9.84. The Labute approximate surface area is 246 Å². The maximum atomic E-state index is 12.5. The number of nitrogens with one attached hydrogen (secondary N) is 3. The number of aliphatic hydroxyl groups excluding tert-OH is 4. The van der Waals surface area contributed by atoms with Crippen LogP contribution in [0.1, 0.15) is 31.2 Å². The summed E-state index contributed by atoms with van der Waals surface area (Å²) in [7, 11) is 0. The zero-order chi connectivity index (χ0) is 32.0. The van der Waals surface area contributed by atoms with Gasteiger partial charge in [-0.1, -0.05) is 0 Å². The third-order valence-corrected chi connectivity index (χ3v) is 7.71. The molecule has 2 aliphatic rings. The van der Waals surface area contributed by atoms with Crippen molar-refractivity contribution in [1.82, 2.24) is 20.2 Å². The summed E-state index contributed by atoms with van der Waals surface area (Å²) in [6.45, 7) is 1.28. The average Bonchev–Trinajstić information content (AvgIpc) is 2.95. The van der Waals surface area contributed by atoms with Gasteiger partial charge in [-0.15, -0.1) is 0 Å². The summed E-state index contributed by atoms with van der Waals surface area (Å²) in [4.78, 5) is 50.0. The van der Waals surface area contributed by atoms with Gasteiger partial charge in [-0.2, -0.15) is 0 Å². The number of aromatic nitrogens is 2. The number of nitrogens with zero attached hydrogens (tertiary/aromatic N) is 1. The lowest BCUT2D eigenvalue weighted by Gasteiger charge is -2.45. The number of carbonyl (C=O) groups is 2. The molecule has 18 heteroatoms. The van der Waals surface area contributed by atoms with Crippen molar-refractivity contribution in [2.24, 2.45) is 22.9 Å². The third kappa shape index (κ3) is 8.88. The van der Waals surface area contributed by atoms with Gasteiger partial charge in [-0.3, -0.25) is 23.9 Å². The van der Waals surface area contributed by atoms with Crippen LogP contribution in [0.5, 0.6) is 0 Å². The Hall–Kier alpha value is -2.78. The van der Waals surface area contributed by atoms with Crippen molar-refractivity contribution in [3.63, 3.8) is 0 Å². The smallest absolute Gasteiger partial charge is 0.328 e. The fraction of sp³-hybridized carbons (Fsp3) is 0.760. The van der Waals surface area contributed by atoms with Crippen molar-refractivity contribution in [3.8, 4) is 0 Å². The molecule has 1 saturated heterocycles. The van der Waals surface area contributed by atoms with Gasteiger partial charge in [0.05, 0.1) is 18.2 Å². The van der Waals surface area contributed by atoms with Crippen LogP contribution in [0.4, 0.5) is 0 Å². The van der Waals surface area contributed by atoms with Crippen LogP contribution < -0.4 is 44.8 Å². The first-order valence-corrected chi connectivity index (χ1v) is 14.1. The Morgan fingerprint density at radius 2 is 1.77 bits per heavy atom. The largest absolute Gasteiger partial charge is 0.389 e. The molecule has 1 aliphatic heterocycles. The molecule has 0 radical (unpaired) electrons. The van der Waals surface area contributed by atoms with Crippen LogP contribution in [0.2, 0.25) is 0 Å². The maximum absolute atomic E-state index is 12.5. The van der Waals surface area contributed by atoms with Gasteiger partial charge in [-0.25, -0.2) is 4.79 Å². The van der Waals surface area contributed by atoms with Crippen molar-refractivity contribution in [3.05, 3.63) is 32.6 Å². The van der Waals surface area contributed by atoms with Crippen molar-refractivity contribution < 1.29 is 39.5 Å². The molecule has 43 heavy (non-hydrogen) atoms. The van der Waals surface area contributed by atoms with E-state index < -0.39 is 90.1 Å². The molecule has 0 bridgehead atoms. The number of aliphatic hydroxyl groups is 4. The number of rotatable bonds is 12. The molecule has 0 aromatic carbocycles. The molecule has 18 nitrogen and oxygen atoms in total. The van der Waals surface area contributed by atoms with E-state index in [2.05, 4.69) is 15.6 Å². The first-order chi connectivity index (χ1) is 20.2. The van der Waals surface area contributed by atoms with Gasteiger partial charge in [0.15, 0.2) is 6.29 Å². The van der Waals surface area contributed by atoms with Crippen LogP contribution in [0, 0.1) is 6.92 Å². The Bertz CT molecular complexity index is 1210. The van der Waals surface area contributed by atoms with Crippen LogP contribution in [0.25, 0.3) is 0 Å². The lowest BCUT2D eigenvalue weighted by molar-refractivity contribution is -0.288. The minimum Gasteiger partial charge on any atom is -0.389 e. The summed E-state index contributed by atoms with van der Waals surface area (Å²) >= 11 is 0. The van der Waals surface area contributed by atoms with E-state index in [0.29, 0.717) is 18.4 Å². The van der Waals surface area contributed by atoms with E-state index in [0.717, 1.165) is 4.57 Å². The molecular weight excluding hydrogens is 572 g/mol. The highest BCUT2D eigenvalue weighted by molar-refractivity contribution is 5.81. The number of hydrogen-bond acceptors (Lipinski definition) is 14. The highest BCUT2D eigenvalue weighted by atomic mass is 16.7. The Kier molecular flexibility index (Phi) is 12.3. The van der Waals surface area contributed by atoms with E-state index in [9.17, 15) is 39.6 Å². The van der Waals surface area contributed by atoms with Crippen LogP contribution in [-0.2, 0) is 25.6 Å². The van der Waals surface area contributed by atoms with Gasteiger partial charge >= 0.3 is 5.69 Å². The molecule has 0 spiro atoms. The third-order valence-electron chi connectivity index (χ3n) is 7.71. The van der Waals surface area contributed by atoms with E-state index in [1.165, 1.54) is 13.1 Å². The summed E-state index contributed by atoms with van der Waals surface area (Å²) in [5, 5.41) is 46.6. The van der Waals surface area contributed by atoms with Gasteiger partial charge in [0.1, 0.15) is 37.1 Å². The number of unbranched alkanes of at least 4 members (excludes halogenated alkanes) is 1. The normalized spacial score (nSPS) is 33.5. The molecule has 2 heterocycles. The Balaban J connectivity index is 1.40. The quantitative estimate of drug-likeness (QED) is 0.0973. The van der Waals surface area contributed by atoms with Crippen molar-refractivity contribution >= 4 is 11.8 Å². The van der Waals surface area contributed by atoms with Gasteiger partial charge in [0.25, 0.3) is 5.56 Å². The number of H-pyrrole nitrogens is 1. The number of nitrogens with two attached hydrogens (primary N) is 4. The summed E-state index contributed by atoms with van der Waals surface area (Å²) < 4.78 is 12.5. The van der Waals surface area contributed by atoms with Gasteiger partial charge in [-0.05, 0) is 32.6 Å². The van der Waals surface area contributed by atoms with Gasteiger partial charge in [0, 0.05) is 36.9 Å². The highest BCUT2D eigenvalue weighted by Crippen LogP contribution is 2.27. The van der Waals surface area contributed by atoms with Crippen LogP contribution in [0.3, 0.4) is 0 Å². The first kappa shape index (κ1) is 34.7. The van der Waals surface area contributed by atoms with E-state index in [1.807, 2.05) is 0 Å². The highest BCUT2D eigenvalue weighted by Gasteiger charge is 2.48. The van der Waals surface area contributed by atoms with E-state index in [4.69, 9.17) is 32.4 Å². The molecular formula is C25H44N8O10. The SMILES string of the molecule is Cc1cn(CC(=O)NCCCC[C@H](N)C(=O)NC[C@H]2O[C@H](O[C@H]3[C@H](O)[C@@H](O)[C@H](N)C[C@@H]3N)[C@H](N)[C@@H](O)[C@@H]2O)c(=O)[nH]c1=O. The summed E-state index contributed by atoms with van der Waals surface area (Å²) in [6.07, 6.45) is -6.60. The van der Waals surface area contributed by atoms with Crippen molar-refractivity contribution in [2.75, 3.05) is 13.1 Å². The number of amides is 2. The Morgan fingerprint density at radius 3 is 2.47 bits per heavy atom. The number of carbonyl (C=O) groups excluding carboxylic acids is 2. The monoisotopic (exact) mass is 616 g/mol. The molecule has 244 valence electrons. The van der Waals surface area contributed by atoms with Gasteiger partial charge < -0.3 is 63.5 Å². The summed E-state index contributed by atoms with van der Waals surface area (Å²) in [6, 6.07) is -3.66. The molecule has 1 saturated carbocycles. The molecule has 1 aromatic rings. The molecule has 1 aliphatic carbocycles. The zero-order valence-electron chi connectivity index (χ0n) is 23.9. The van der Waals surface area contributed by atoms with Crippen LogP contribution in [0.15, 0.2) is 15.8 Å². The lowest BCUT2D eigenvalue weighted by Crippen LogP contribution is -2.67. The number of aromatic amines is 1. The second-order valence-corrected chi connectivity index (χ2v) is 11.1. The zero-order valence-corrected chi connectivity index (χ0v) is 23.9. The predicted molar refractivity (Wildman–Crippen MR) is 150 cm³/mol. The fourth-order valence-electron chi connectivity index (χ4n) is 5.00. The maximum Gasteiger partial charge on any atom is 0.328 e. The molecule has 2 fully saturated rings. The second-order valence-electron chi connectivity index (χ2n) is 11.1. The standard InChI is InChI=1S/C25H44N8O10/c1-10-8-33(25(41)32-22(10)39)9-15(34)30-5-3-2-4-11(26)23(40)31-7-14-18(36)19(37)16(29)24(42-14)43-21-13(28)6-12(27)17(35)20(21)38/h8,11-14,16-21,24,35-38H,2-7,9,26-29H2,1H3,(H,30,34)(H,31,40)(H,32,39,41)/t11-,12+,13-,14+,16+,17-,18+,19+,20+,21+,24+/m0/s1. The van der Waals surface area contributed by atoms with Crippen molar-refractivity contribution in [2.45, 2.75) is 106 Å². The van der Waals surface area contributed by atoms with E-state index in [1.54, 1.807) is 0 Å². The molecule has 3 rings (SSSR count). The molecule has 1 aromatic heterocycles. The van der Waals surface area contributed by atoms with Crippen LogP contribution in [-0.4, -0.2) is 122 Å². The minimum atomic E-state index is -1.50. The number of ether oxygens (including phenoxy) is 2. The average molecular weight is 617 g/mol. The molecule has 15 N–H and O–H groups in total. The first-order valence-electron chi connectivity index (χ1n) is 14.1. The van der Waals surface area contributed by atoms with Crippen molar-refractivity contribution in [1.29, 1.82) is 0 Å². The molecule has 0 unspecified atom stereocenters. The minimum absolute atomic E-state index is 0.150. The number of hydrogen-bond donors (Lipinski definition) is 11. The summed E-state index contributed by atoms with van der Waals surface area (Å²) in [5.41, 5.74) is 22.8. The molecule has 11 atom stereocenters. The van der Waals surface area contributed by atoms with E-state index in [-0.39, 0.29) is 32.5 Å². The Morgan fingerprint density at radius 1 is 1.07 bits per heavy atom. The van der Waals surface area contributed by atoms with Gasteiger partial charge in [0.2, 0.25) is 11.8 Å². The predicted octanol–water partition coefficient (Wildman–Crippen LogP) is -6.49. The molecule has 2 amide bonds. The topological polar surface area (TPSA) is 317 Å². The fourth-order valence-corrected chi connectivity index (χ4v) is 5.00.